The third kappa shape index (κ3) is 4.03. The zero-order chi connectivity index (χ0) is 13.7. The molecule has 1 saturated heterocycles. The highest BCUT2D eigenvalue weighted by Crippen LogP contribution is 2.10. The molecule has 1 fully saturated rings. The van der Waals surface area contributed by atoms with Crippen molar-refractivity contribution in [2.45, 2.75) is 26.3 Å². The molecule has 1 aliphatic rings. The van der Waals surface area contributed by atoms with Crippen molar-refractivity contribution >= 4 is 5.97 Å². The second kappa shape index (κ2) is 6.66. The normalized spacial score (nSPS) is 23.1. The van der Waals surface area contributed by atoms with Gasteiger partial charge in [0.1, 0.15) is 18.3 Å². The number of carbonyl (C=O) groups is 1. The Bertz CT molecular complexity index is 436. The molecule has 2 rings (SSSR count). The Balaban J connectivity index is 1.92. The fourth-order valence-corrected chi connectivity index (χ4v) is 2.71. The summed E-state index contributed by atoms with van der Waals surface area (Å²) in [5.41, 5.74) is 0.986. The third-order valence-electron chi connectivity index (χ3n) is 3.58. The Hall–Kier alpha value is -1.42. The van der Waals surface area contributed by atoms with E-state index in [4.69, 9.17) is 4.74 Å². The Morgan fingerprint density at radius 1 is 1.53 bits per heavy atom. The first-order chi connectivity index (χ1) is 9.19. The first kappa shape index (κ1) is 14.0. The Labute approximate surface area is 113 Å². The second-order valence-electron chi connectivity index (χ2n) is 5.10. The number of quaternary nitrogens is 1. The molecule has 0 aliphatic carbocycles. The molecule has 1 N–H and O–H groups in total. The van der Waals surface area contributed by atoms with Crippen molar-refractivity contribution in [2.24, 2.45) is 5.92 Å². The van der Waals surface area contributed by atoms with Crippen molar-refractivity contribution in [2.75, 3.05) is 19.7 Å². The zero-order valence-electron chi connectivity index (χ0n) is 11.3. The molecule has 0 radical (unpaired) electrons. The van der Waals surface area contributed by atoms with E-state index in [2.05, 4.69) is 0 Å². The number of benzene rings is 1. The zero-order valence-corrected chi connectivity index (χ0v) is 11.3. The summed E-state index contributed by atoms with van der Waals surface area (Å²) >= 11 is 0. The molecule has 0 saturated carbocycles. The van der Waals surface area contributed by atoms with Crippen molar-refractivity contribution in [3.8, 4) is 0 Å². The first-order valence-corrected chi connectivity index (χ1v) is 6.93. The second-order valence-corrected chi connectivity index (χ2v) is 5.10. The molecule has 1 aromatic carbocycles. The molecule has 4 heteroatoms. The first-order valence-electron chi connectivity index (χ1n) is 6.93. The fraction of sp³-hybridized carbons (Fsp3) is 0.533. The van der Waals surface area contributed by atoms with Crippen LogP contribution in [0.2, 0.25) is 0 Å². The molecule has 0 bridgehead atoms. The minimum atomic E-state index is -0.198. The van der Waals surface area contributed by atoms with E-state index < -0.39 is 0 Å². The van der Waals surface area contributed by atoms with Gasteiger partial charge in [-0.15, -0.1) is 0 Å². The van der Waals surface area contributed by atoms with E-state index in [1.54, 1.807) is 12.1 Å². The van der Waals surface area contributed by atoms with E-state index in [1.165, 1.54) is 11.0 Å². The molecule has 19 heavy (non-hydrogen) atoms. The van der Waals surface area contributed by atoms with Gasteiger partial charge in [0.15, 0.2) is 0 Å². The number of rotatable bonds is 4. The number of ether oxygens (including phenoxy) is 1. The molecular weight excluding hydrogens is 245 g/mol. The summed E-state index contributed by atoms with van der Waals surface area (Å²) in [7, 11) is 0. The van der Waals surface area contributed by atoms with Crippen LogP contribution in [0.15, 0.2) is 24.3 Å². The van der Waals surface area contributed by atoms with Gasteiger partial charge in [0.25, 0.3) is 0 Å². The topological polar surface area (TPSA) is 30.7 Å². The van der Waals surface area contributed by atoms with Crippen LogP contribution >= 0.6 is 0 Å². The van der Waals surface area contributed by atoms with E-state index in [1.807, 2.05) is 13.0 Å². The van der Waals surface area contributed by atoms with Gasteiger partial charge in [0, 0.05) is 5.56 Å². The van der Waals surface area contributed by atoms with Crippen LogP contribution in [0.3, 0.4) is 0 Å². The van der Waals surface area contributed by atoms with Gasteiger partial charge < -0.3 is 9.64 Å². The maximum atomic E-state index is 13.1. The highest BCUT2D eigenvalue weighted by atomic mass is 19.1. The standard InChI is InChI=1S/C15H20FNO2/c1-2-19-15(18)13-6-4-8-17(11-13)10-12-5-3-7-14(16)9-12/h3,5,7,9,13H,2,4,6,8,10-11H2,1H3/p+1/t13-/m0/s1. The predicted molar refractivity (Wildman–Crippen MR) is 70.2 cm³/mol. The largest absolute Gasteiger partial charge is 0.466 e. The number of hydrogen-bond donors (Lipinski definition) is 1. The Morgan fingerprint density at radius 2 is 2.37 bits per heavy atom. The van der Waals surface area contributed by atoms with Crippen molar-refractivity contribution in [1.82, 2.24) is 0 Å². The highest BCUT2D eigenvalue weighted by Gasteiger charge is 2.29. The summed E-state index contributed by atoms with van der Waals surface area (Å²) in [4.78, 5) is 13.1. The number of carbonyl (C=O) groups excluding carboxylic acids is 1. The van der Waals surface area contributed by atoms with Crippen molar-refractivity contribution < 1.29 is 18.8 Å². The van der Waals surface area contributed by atoms with E-state index >= 15 is 0 Å². The number of halogens is 1. The van der Waals surface area contributed by atoms with Crippen LogP contribution in [0, 0.1) is 11.7 Å². The summed E-state index contributed by atoms with van der Waals surface area (Å²) in [6.45, 7) is 4.86. The van der Waals surface area contributed by atoms with Gasteiger partial charge in [-0.2, -0.15) is 0 Å². The van der Waals surface area contributed by atoms with E-state index in [9.17, 15) is 9.18 Å². The van der Waals surface area contributed by atoms with Gasteiger partial charge in [-0.3, -0.25) is 4.79 Å². The van der Waals surface area contributed by atoms with E-state index in [0.29, 0.717) is 6.61 Å². The fourth-order valence-electron chi connectivity index (χ4n) is 2.71. The van der Waals surface area contributed by atoms with E-state index in [-0.39, 0.29) is 17.7 Å². The van der Waals surface area contributed by atoms with Gasteiger partial charge in [0.2, 0.25) is 0 Å². The lowest BCUT2D eigenvalue weighted by atomic mass is 9.98. The molecule has 0 spiro atoms. The highest BCUT2D eigenvalue weighted by molar-refractivity contribution is 5.72. The number of likely N-dealkylation sites (tertiary alicyclic amines) is 1. The molecule has 3 nitrogen and oxygen atoms in total. The lowest BCUT2D eigenvalue weighted by Gasteiger charge is -2.28. The summed E-state index contributed by atoms with van der Waals surface area (Å²) in [6, 6.07) is 6.69. The number of esters is 1. The molecule has 1 aromatic rings. The van der Waals surface area contributed by atoms with Gasteiger partial charge in [-0.05, 0) is 31.9 Å². The average Bonchev–Trinajstić information content (AvgIpc) is 2.39. The Morgan fingerprint density at radius 3 is 3.11 bits per heavy atom. The predicted octanol–water partition coefficient (Wildman–Crippen LogP) is 1.18. The van der Waals surface area contributed by atoms with Gasteiger partial charge in [-0.25, -0.2) is 4.39 Å². The molecule has 0 aromatic heterocycles. The SMILES string of the molecule is CCOC(=O)[C@H]1CCC[NH+](Cc2cccc(F)c2)C1. The maximum absolute atomic E-state index is 13.1. The molecule has 2 atom stereocenters. The van der Waals surface area contributed by atoms with Crippen LogP contribution < -0.4 is 4.90 Å². The molecule has 1 unspecified atom stereocenters. The van der Waals surface area contributed by atoms with Crippen molar-refractivity contribution in [3.63, 3.8) is 0 Å². The van der Waals surface area contributed by atoms with E-state index in [0.717, 1.165) is 38.0 Å². The number of nitrogens with one attached hydrogen (secondary N) is 1. The number of hydrogen-bond acceptors (Lipinski definition) is 2. The summed E-state index contributed by atoms with van der Waals surface area (Å²) in [5, 5.41) is 0. The van der Waals surface area contributed by atoms with Crippen LogP contribution in [0.4, 0.5) is 4.39 Å². The average molecular weight is 266 g/mol. The molecule has 0 amide bonds. The summed E-state index contributed by atoms with van der Waals surface area (Å²) in [5.74, 6) is -0.285. The third-order valence-corrected chi connectivity index (χ3v) is 3.58. The molecule has 104 valence electrons. The molecule has 1 heterocycles. The van der Waals surface area contributed by atoms with Crippen molar-refractivity contribution in [1.29, 1.82) is 0 Å². The van der Waals surface area contributed by atoms with Gasteiger partial charge in [0.05, 0.1) is 19.7 Å². The quantitative estimate of drug-likeness (QED) is 0.830. The van der Waals surface area contributed by atoms with Crippen LogP contribution in [-0.4, -0.2) is 25.7 Å². The summed E-state index contributed by atoms with van der Waals surface area (Å²) < 4.78 is 18.2. The smallest absolute Gasteiger partial charge is 0.314 e. The van der Waals surface area contributed by atoms with Gasteiger partial charge in [-0.1, -0.05) is 12.1 Å². The minimum Gasteiger partial charge on any atom is -0.466 e. The lowest BCUT2D eigenvalue weighted by molar-refractivity contribution is -0.921. The molecular formula is C15H21FNO2+. The van der Waals surface area contributed by atoms with Crippen LogP contribution in [0.1, 0.15) is 25.3 Å². The molecule has 1 aliphatic heterocycles. The van der Waals surface area contributed by atoms with Crippen molar-refractivity contribution in [3.05, 3.63) is 35.6 Å². The van der Waals surface area contributed by atoms with Crippen LogP contribution in [-0.2, 0) is 16.1 Å². The Kier molecular flexibility index (Phi) is 4.91. The monoisotopic (exact) mass is 266 g/mol. The maximum Gasteiger partial charge on any atom is 0.314 e. The number of piperidine rings is 1. The van der Waals surface area contributed by atoms with Gasteiger partial charge >= 0.3 is 5.97 Å². The lowest BCUT2D eigenvalue weighted by Crippen LogP contribution is -3.12. The minimum absolute atomic E-state index is 0.00254. The van der Waals surface area contributed by atoms with Crippen LogP contribution in [0.25, 0.3) is 0 Å². The van der Waals surface area contributed by atoms with Crippen LogP contribution in [0.5, 0.6) is 0 Å². The summed E-state index contributed by atoms with van der Waals surface area (Å²) in [6.07, 6.45) is 1.93.